The molecule has 20 heavy (non-hydrogen) atoms. The SMILES string of the molecule is COCCn1cccc1C(=O)N1CCOC(C(C)N)C1. The molecule has 0 radical (unpaired) electrons. The van der Waals surface area contributed by atoms with Crippen molar-refractivity contribution in [3.05, 3.63) is 24.0 Å². The van der Waals surface area contributed by atoms with Gasteiger partial charge in [-0.05, 0) is 19.1 Å². The molecule has 1 saturated heterocycles. The Balaban J connectivity index is 2.05. The molecule has 1 aromatic rings. The zero-order chi connectivity index (χ0) is 14.5. The number of carbonyl (C=O) groups is 1. The van der Waals surface area contributed by atoms with Crippen molar-refractivity contribution in [3.8, 4) is 0 Å². The highest BCUT2D eigenvalue weighted by atomic mass is 16.5. The van der Waals surface area contributed by atoms with Crippen molar-refractivity contribution >= 4 is 5.91 Å². The number of hydrogen-bond acceptors (Lipinski definition) is 4. The second-order valence-electron chi connectivity index (χ2n) is 5.10. The molecule has 2 heterocycles. The Kier molecular flexibility index (Phi) is 5.17. The van der Waals surface area contributed by atoms with E-state index in [0.717, 1.165) is 0 Å². The van der Waals surface area contributed by atoms with Crippen molar-refractivity contribution in [3.63, 3.8) is 0 Å². The average molecular weight is 281 g/mol. The molecule has 6 heteroatoms. The number of methoxy groups -OCH3 is 1. The molecule has 1 fully saturated rings. The molecule has 0 bridgehead atoms. The van der Waals surface area contributed by atoms with Crippen LogP contribution in [0, 0.1) is 0 Å². The van der Waals surface area contributed by atoms with Crippen LogP contribution in [0.2, 0.25) is 0 Å². The Hall–Kier alpha value is -1.37. The molecule has 2 N–H and O–H groups in total. The van der Waals surface area contributed by atoms with Gasteiger partial charge in [-0.2, -0.15) is 0 Å². The van der Waals surface area contributed by atoms with Crippen molar-refractivity contribution in [2.24, 2.45) is 5.73 Å². The number of carbonyl (C=O) groups excluding carboxylic acids is 1. The van der Waals surface area contributed by atoms with Crippen molar-refractivity contribution < 1.29 is 14.3 Å². The predicted octanol–water partition coefficient (Wildman–Crippen LogP) is 0.323. The Labute approximate surface area is 119 Å². The Morgan fingerprint density at radius 2 is 2.45 bits per heavy atom. The highest BCUT2D eigenvalue weighted by molar-refractivity contribution is 5.92. The van der Waals surface area contributed by atoms with Crippen LogP contribution in [0.4, 0.5) is 0 Å². The maximum absolute atomic E-state index is 12.6. The van der Waals surface area contributed by atoms with E-state index in [1.807, 2.05) is 34.7 Å². The minimum Gasteiger partial charge on any atom is -0.383 e. The topological polar surface area (TPSA) is 69.7 Å². The van der Waals surface area contributed by atoms with Gasteiger partial charge in [0.05, 0.1) is 19.3 Å². The quantitative estimate of drug-likeness (QED) is 0.844. The molecule has 1 aromatic heterocycles. The van der Waals surface area contributed by atoms with Gasteiger partial charge in [0.25, 0.3) is 5.91 Å². The molecule has 0 aromatic carbocycles. The van der Waals surface area contributed by atoms with E-state index < -0.39 is 0 Å². The van der Waals surface area contributed by atoms with Gasteiger partial charge < -0.3 is 24.7 Å². The largest absolute Gasteiger partial charge is 0.383 e. The van der Waals surface area contributed by atoms with Crippen LogP contribution in [0.1, 0.15) is 17.4 Å². The first-order chi connectivity index (χ1) is 9.63. The molecule has 1 aliphatic rings. The maximum atomic E-state index is 12.6. The molecule has 1 aliphatic heterocycles. The molecule has 0 aliphatic carbocycles. The van der Waals surface area contributed by atoms with Crippen molar-refractivity contribution in [1.82, 2.24) is 9.47 Å². The molecule has 0 spiro atoms. The summed E-state index contributed by atoms with van der Waals surface area (Å²) in [4.78, 5) is 14.4. The van der Waals surface area contributed by atoms with E-state index in [1.54, 1.807) is 7.11 Å². The molecule has 2 rings (SSSR count). The van der Waals surface area contributed by atoms with Crippen molar-refractivity contribution in [1.29, 1.82) is 0 Å². The normalized spacial score (nSPS) is 20.9. The fourth-order valence-corrected chi connectivity index (χ4v) is 2.33. The van der Waals surface area contributed by atoms with Gasteiger partial charge in [-0.1, -0.05) is 0 Å². The van der Waals surface area contributed by atoms with E-state index in [4.69, 9.17) is 15.2 Å². The first-order valence-corrected chi connectivity index (χ1v) is 6.94. The van der Waals surface area contributed by atoms with Gasteiger partial charge in [-0.15, -0.1) is 0 Å². The first-order valence-electron chi connectivity index (χ1n) is 6.94. The first kappa shape index (κ1) is 15.0. The van der Waals surface area contributed by atoms with Gasteiger partial charge in [0.15, 0.2) is 0 Å². The van der Waals surface area contributed by atoms with Crippen LogP contribution in [0.5, 0.6) is 0 Å². The molecule has 1 amide bonds. The van der Waals surface area contributed by atoms with Crippen LogP contribution in [0.25, 0.3) is 0 Å². The number of nitrogens with two attached hydrogens (primary N) is 1. The van der Waals surface area contributed by atoms with Crippen LogP contribution in [-0.4, -0.2) is 60.9 Å². The summed E-state index contributed by atoms with van der Waals surface area (Å²) in [6.45, 7) is 4.85. The van der Waals surface area contributed by atoms with Crippen molar-refractivity contribution in [2.45, 2.75) is 25.6 Å². The second-order valence-corrected chi connectivity index (χ2v) is 5.10. The summed E-state index contributed by atoms with van der Waals surface area (Å²) in [5.74, 6) is 0.0278. The van der Waals surface area contributed by atoms with Gasteiger partial charge in [0.2, 0.25) is 0 Å². The number of aromatic nitrogens is 1. The number of amides is 1. The molecule has 2 atom stereocenters. The van der Waals surface area contributed by atoms with Crippen LogP contribution in [0.3, 0.4) is 0 Å². The van der Waals surface area contributed by atoms with Crippen LogP contribution < -0.4 is 5.73 Å². The van der Waals surface area contributed by atoms with Crippen LogP contribution in [-0.2, 0) is 16.0 Å². The molecule has 2 unspecified atom stereocenters. The summed E-state index contributed by atoms with van der Waals surface area (Å²) in [7, 11) is 1.65. The highest BCUT2D eigenvalue weighted by Gasteiger charge is 2.28. The van der Waals surface area contributed by atoms with E-state index in [2.05, 4.69) is 0 Å². The minimum absolute atomic E-state index is 0.0278. The summed E-state index contributed by atoms with van der Waals surface area (Å²) in [5, 5.41) is 0. The van der Waals surface area contributed by atoms with E-state index in [-0.39, 0.29) is 18.1 Å². The van der Waals surface area contributed by atoms with Crippen molar-refractivity contribution in [2.75, 3.05) is 33.4 Å². The smallest absolute Gasteiger partial charge is 0.270 e. The maximum Gasteiger partial charge on any atom is 0.270 e. The van der Waals surface area contributed by atoms with Gasteiger partial charge in [-0.25, -0.2) is 0 Å². The zero-order valence-corrected chi connectivity index (χ0v) is 12.1. The third kappa shape index (κ3) is 3.39. The fourth-order valence-electron chi connectivity index (χ4n) is 2.33. The van der Waals surface area contributed by atoms with Gasteiger partial charge in [0, 0.05) is 39.0 Å². The van der Waals surface area contributed by atoms with E-state index in [9.17, 15) is 4.79 Å². The monoisotopic (exact) mass is 281 g/mol. The lowest BCUT2D eigenvalue weighted by atomic mass is 10.1. The number of rotatable bonds is 5. The summed E-state index contributed by atoms with van der Waals surface area (Å²) in [6.07, 6.45) is 1.81. The molecule has 6 nitrogen and oxygen atoms in total. The molecule has 0 saturated carbocycles. The lowest BCUT2D eigenvalue weighted by molar-refractivity contribution is -0.0303. The van der Waals surface area contributed by atoms with Gasteiger partial charge in [0.1, 0.15) is 5.69 Å². The Morgan fingerprint density at radius 1 is 1.65 bits per heavy atom. The lowest BCUT2D eigenvalue weighted by Gasteiger charge is -2.34. The summed E-state index contributed by atoms with van der Waals surface area (Å²) >= 11 is 0. The van der Waals surface area contributed by atoms with Gasteiger partial charge in [-0.3, -0.25) is 4.79 Å². The van der Waals surface area contributed by atoms with Gasteiger partial charge >= 0.3 is 0 Å². The fraction of sp³-hybridized carbons (Fsp3) is 0.643. The number of hydrogen-bond donors (Lipinski definition) is 1. The zero-order valence-electron chi connectivity index (χ0n) is 12.1. The predicted molar refractivity (Wildman–Crippen MR) is 75.6 cm³/mol. The Morgan fingerprint density at radius 3 is 3.15 bits per heavy atom. The number of ether oxygens (including phenoxy) is 2. The average Bonchev–Trinajstić information content (AvgIpc) is 2.92. The Bertz CT molecular complexity index is 445. The summed E-state index contributed by atoms with van der Waals surface area (Å²) in [5.41, 5.74) is 6.55. The van der Waals surface area contributed by atoms with Crippen LogP contribution >= 0.6 is 0 Å². The van der Waals surface area contributed by atoms with Crippen LogP contribution in [0.15, 0.2) is 18.3 Å². The van der Waals surface area contributed by atoms with E-state index in [0.29, 0.717) is 38.5 Å². The molecular weight excluding hydrogens is 258 g/mol. The molecular formula is C14H23N3O3. The lowest BCUT2D eigenvalue weighted by Crippen LogP contribution is -2.51. The third-order valence-corrected chi connectivity index (χ3v) is 3.55. The van der Waals surface area contributed by atoms with E-state index >= 15 is 0 Å². The summed E-state index contributed by atoms with van der Waals surface area (Å²) < 4.78 is 12.6. The highest BCUT2D eigenvalue weighted by Crippen LogP contribution is 2.13. The van der Waals surface area contributed by atoms with E-state index in [1.165, 1.54) is 0 Å². The molecule has 112 valence electrons. The second kappa shape index (κ2) is 6.88. The summed E-state index contributed by atoms with van der Waals surface area (Å²) in [6, 6.07) is 3.65. The third-order valence-electron chi connectivity index (χ3n) is 3.55. The number of nitrogens with zero attached hydrogens (tertiary/aromatic N) is 2. The minimum atomic E-state index is -0.0879. The number of morpholine rings is 1. The standard InChI is InChI=1S/C14H23N3O3/c1-11(15)13-10-17(7-9-20-13)14(18)12-4-3-5-16(12)6-8-19-2/h3-5,11,13H,6-10,15H2,1-2H3.